The molecule has 27 heavy (non-hydrogen) atoms. The summed E-state index contributed by atoms with van der Waals surface area (Å²) in [5, 5.41) is 2.89. The fraction of sp³-hybridized carbons (Fsp3) is 0.619. The van der Waals surface area contributed by atoms with Crippen molar-refractivity contribution in [2.45, 2.75) is 59.1 Å². The maximum Gasteiger partial charge on any atom is 0.407 e. The Morgan fingerprint density at radius 1 is 1.22 bits per heavy atom. The molecule has 6 heteroatoms. The lowest BCUT2D eigenvalue weighted by molar-refractivity contribution is 0.0473. The van der Waals surface area contributed by atoms with E-state index in [1.807, 2.05) is 43.9 Å². The Morgan fingerprint density at radius 2 is 1.89 bits per heavy atom. The van der Waals surface area contributed by atoms with E-state index in [0.29, 0.717) is 44.0 Å². The van der Waals surface area contributed by atoms with Gasteiger partial charge >= 0.3 is 6.09 Å². The first kappa shape index (κ1) is 21.1. The Kier molecular flexibility index (Phi) is 7.11. The highest BCUT2D eigenvalue weighted by atomic mass is 16.6. The summed E-state index contributed by atoms with van der Waals surface area (Å²) in [5.41, 5.74) is 0.124. The molecule has 1 saturated heterocycles. The summed E-state index contributed by atoms with van der Waals surface area (Å²) >= 11 is 0. The van der Waals surface area contributed by atoms with Crippen LogP contribution in [-0.2, 0) is 4.74 Å². The Morgan fingerprint density at radius 3 is 2.48 bits per heavy atom. The van der Waals surface area contributed by atoms with Crippen molar-refractivity contribution < 1.29 is 19.1 Å². The van der Waals surface area contributed by atoms with Crippen LogP contribution in [0.25, 0.3) is 0 Å². The van der Waals surface area contributed by atoms with E-state index >= 15 is 0 Å². The lowest BCUT2D eigenvalue weighted by atomic mass is 10.0. The van der Waals surface area contributed by atoms with E-state index < -0.39 is 11.7 Å². The molecule has 0 atom stereocenters. The molecule has 1 aromatic rings. The number of benzene rings is 1. The number of nitrogens with zero attached hydrogens (tertiary/aromatic N) is 1. The number of nitrogens with one attached hydrogen (secondary N) is 1. The fourth-order valence-corrected chi connectivity index (χ4v) is 2.87. The number of carbonyl (C=O) groups excluding carboxylic acids is 2. The molecule has 1 aliphatic rings. The average molecular weight is 376 g/mol. The van der Waals surface area contributed by atoms with Gasteiger partial charge in [0.2, 0.25) is 0 Å². The highest BCUT2D eigenvalue weighted by Crippen LogP contribution is 2.19. The zero-order chi connectivity index (χ0) is 20.0. The fourth-order valence-electron chi connectivity index (χ4n) is 2.87. The Labute approximate surface area is 162 Å². The van der Waals surface area contributed by atoms with Crippen molar-refractivity contribution in [2.24, 2.45) is 5.92 Å². The van der Waals surface area contributed by atoms with Crippen LogP contribution in [0.2, 0.25) is 0 Å². The maximum absolute atomic E-state index is 12.8. The number of alkyl carbamates (subject to hydrolysis) is 1. The smallest absolute Gasteiger partial charge is 0.407 e. The average Bonchev–Trinajstić information content (AvgIpc) is 2.58. The number of piperidine rings is 1. The van der Waals surface area contributed by atoms with Crippen LogP contribution in [0.15, 0.2) is 24.3 Å². The molecule has 1 aromatic carbocycles. The molecule has 1 aliphatic heterocycles. The molecule has 2 amide bonds. The van der Waals surface area contributed by atoms with E-state index in [1.54, 1.807) is 6.07 Å². The summed E-state index contributed by atoms with van der Waals surface area (Å²) in [7, 11) is 0. The van der Waals surface area contributed by atoms with Crippen LogP contribution in [0.5, 0.6) is 5.75 Å². The van der Waals surface area contributed by atoms with Gasteiger partial charge in [-0.1, -0.05) is 19.9 Å². The van der Waals surface area contributed by atoms with Crippen LogP contribution in [-0.4, -0.2) is 48.2 Å². The standard InChI is InChI=1S/C21H32N2O4/c1-15(2)14-26-18-8-6-7-16(13-18)19(24)23-11-9-17(10-12-23)22-20(25)27-21(3,4)5/h6-8,13,15,17H,9-12,14H2,1-5H3,(H,22,25). The molecule has 0 unspecified atom stereocenters. The summed E-state index contributed by atoms with van der Waals surface area (Å²) in [6.45, 7) is 11.5. The molecule has 150 valence electrons. The third-order valence-electron chi connectivity index (χ3n) is 4.17. The molecule has 0 bridgehead atoms. The number of rotatable bonds is 5. The van der Waals surface area contributed by atoms with E-state index in [1.165, 1.54) is 0 Å². The van der Waals surface area contributed by atoms with Crippen LogP contribution in [0, 0.1) is 5.92 Å². The third-order valence-corrected chi connectivity index (χ3v) is 4.17. The minimum Gasteiger partial charge on any atom is -0.493 e. The molecule has 0 radical (unpaired) electrons. The van der Waals surface area contributed by atoms with E-state index in [-0.39, 0.29) is 11.9 Å². The van der Waals surface area contributed by atoms with Crippen molar-refractivity contribution in [1.82, 2.24) is 10.2 Å². The molecular formula is C21H32N2O4. The molecule has 0 aliphatic carbocycles. The van der Waals surface area contributed by atoms with Gasteiger partial charge in [0.25, 0.3) is 5.91 Å². The molecule has 1 heterocycles. The largest absolute Gasteiger partial charge is 0.493 e. The van der Waals surface area contributed by atoms with Crippen molar-refractivity contribution in [3.8, 4) is 5.75 Å². The van der Waals surface area contributed by atoms with Gasteiger partial charge in [-0.2, -0.15) is 0 Å². The molecule has 0 saturated carbocycles. The maximum atomic E-state index is 12.8. The zero-order valence-electron chi connectivity index (χ0n) is 17.1. The van der Waals surface area contributed by atoms with Gasteiger partial charge in [-0.05, 0) is 57.7 Å². The van der Waals surface area contributed by atoms with Gasteiger partial charge in [0, 0.05) is 24.7 Å². The molecule has 2 rings (SSSR count). The summed E-state index contributed by atoms with van der Waals surface area (Å²) in [4.78, 5) is 26.5. The van der Waals surface area contributed by atoms with E-state index in [2.05, 4.69) is 19.2 Å². The number of ether oxygens (including phenoxy) is 2. The zero-order valence-corrected chi connectivity index (χ0v) is 17.1. The van der Waals surface area contributed by atoms with Crippen molar-refractivity contribution in [2.75, 3.05) is 19.7 Å². The van der Waals surface area contributed by atoms with Gasteiger partial charge < -0.3 is 19.7 Å². The second kappa shape index (κ2) is 9.11. The van der Waals surface area contributed by atoms with E-state index in [4.69, 9.17) is 9.47 Å². The number of amides is 2. The quantitative estimate of drug-likeness (QED) is 0.847. The normalized spacial score (nSPS) is 15.6. The van der Waals surface area contributed by atoms with E-state index in [9.17, 15) is 9.59 Å². The molecule has 1 fully saturated rings. The summed E-state index contributed by atoms with van der Waals surface area (Å²) in [5.74, 6) is 1.15. The number of hydrogen-bond acceptors (Lipinski definition) is 4. The van der Waals surface area contributed by atoms with E-state index in [0.717, 1.165) is 5.75 Å². The van der Waals surface area contributed by atoms with Crippen molar-refractivity contribution in [3.05, 3.63) is 29.8 Å². The van der Waals surface area contributed by atoms with Crippen molar-refractivity contribution >= 4 is 12.0 Å². The predicted molar refractivity (Wildman–Crippen MR) is 105 cm³/mol. The lowest BCUT2D eigenvalue weighted by Crippen LogP contribution is -2.47. The monoisotopic (exact) mass is 376 g/mol. The highest BCUT2D eigenvalue weighted by molar-refractivity contribution is 5.94. The minimum atomic E-state index is -0.511. The summed E-state index contributed by atoms with van der Waals surface area (Å²) < 4.78 is 11.0. The lowest BCUT2D eigenvalue weighted by Gasteiger charge is -2.33. The molecule has 0 spiro atoms. The van der Waals surface area contributed by atoms with Gasteiger partial charge in [-0.15, -0.1) is 0 Å². The summed E-state index contributed by atoms with van der Waals surface area (Å²) in [6, 6.07) is 7.37. The Bertz CT molecular complexity index is 644. The second-order valence-corrected chi connectivity index (χ2v) is 8.45. The van der Waals surface area contributed by atoms with Crippen LogP contribution in [0.4, 0.5) is 4.79 Å². The van der Waals surface area contributed by atoms with Gasteiger partial charge in [0.05, 0.1) is 6.61 Å². The Hall–Kier alpha value is -2.24. The second-order valence-electron chi connectivity index (χ2n) is 8.45. The topological polar surface area (TPSA) is 67.9 Å². The molecular weight excluding hydrogens is 344 g/mol. The minimum absolute atomic E-state index is 0.000662. The number of likely N-dealkylation sites (tertiary alicyclic amines) is 1. The van der Waals surface area contributed by atoms with Crippen LogP contribution >= 0.6 is 0 Å². The SMILES string of the molecule is CC(C)COc1cccc(C(=O)N2CCC(NC(=O)OC(C)(C)C)CC2)c1. The first-order valence-corrected chi connectivity index (χ1v) is 9.65. The molecule has 0 aromatic heterocycles. The van der Waals surface area contributed by atoms with Gasteiger partial charge in [0.15, 0.2) is 0 Å². The van der Waals surface area contributed by atoms with Gasteiger partial charge in [0.1, 0.15) is 11.4 Å². The van der Waals surface area contributed by atoms with Gasteiger partial charge in [-0.3, -0.25) is 4.79 Å². The molecule has 6 nitrogen and oxygen atoms in total. The van der Waals surface area contributed by atoms with Crippen LogP contribution < -0.4 is 10.1 Å². The van der Waals surface area contributed by atoms with Crippen molar-refractivity contribution in [3.63, 3.8) is 0 Å². The van der Waals surface area contributed by atoms with Crippen molar-refractivity contribution in [1.29, 1.82) is 0 Å². The van der Waals surface area contributed by atoms with Crippen LogP contribution in [0.1, 0.15) is 57.8 Å². The molecule has 1 N–H and O–H groups in total. The number of hydrogen-bond donors (Lipinski definition) is 1. The highest BCUT2D eigenvalue weighted by Gasteiger charge is 2.26. The predicted octanol–water partition coefficient (Wildman–Crippen LogP) is 3.85. The third kappa shape index (κ3) is 7.12. The first-order chi connectivity index (χ1) is 12.6. The number of carbonyl (C=O) groups is 2. The van der Waals surface area contributed by atoms with Gasteiger partial charge in [-0.25, -0.2) is 4.79 Å². The first-order valence-electron chi connectivity index (χ1n) is 9.65. The Balaban J connectivity index is 1.86. The summed E-state index contributed by atoms with van der Waals surface area (Å²) in [6.07, 6.45) is 1.03. The van der Waals surface area contributed by atoms with Crippen LogP contribution in [0.3, 0.4) is 0 Å².